The molecule has 2 rings (SSSR count). The number of sulfonamides is 1. The third-order valence-electron chi connectivity index (χ3n) is 3.49. The van der Waals surface area contributed by atoms with Gasteiger partial charge in [-0.3, -0.25) is 0 Å². The molecule has 128 valence electrons. The number of para-hydroxylation sites is 1. The largest absolute Gasteiger partial charge is 0.377 e. The van der Waals surface area contributed by atoms with E-state index in [9.17, 15) is 8.42 Å². The third kappa shape index (κ3) is 5.04. The van der Waals surface area contributed by atoms with Gasteiger partial charge in [0.15, 0.2) is 0 Å². The van der Waals surface area contributed by atoms with Gasteiger partial charge < -0.3 is 4.90 Å². The fourth-order valence-electron chi connectivity index (χ4n) is 2.03. The molecule has 25 heavy (non-hydrogen) atoms. The molecule has 0 radical (unpaired) electrons. The molecule has 2 aromatic rings. The molecule has 0 saturated heterocycles. The number of hydrogen-bond donors (Lipinski definition) is 0. The zero-order chi connectivity index (χ0) is 18.4. The number of anilines is 1. The van der Waals surface area contributed by atoms with Gasteiger partial charge >= 0.3 is 0 Å². The normalized spacial score (nSPS) is 10.1. The minimum Gasteiger partial charge on any atom is -0.377 e. The van der Waals surface area contributed by atoms with Crippen LogP contribution in [0.2, 0.25) is 0 Å². The molecule has 0 N–H and O–H groups in total. The van der Waals surface area contributed by atoms with Gasteiger partial charge in [-0.1, -0.05) is 36.1 Å². The molecule has 0 aliphatic carbocycles. The Balaban J connectivity index is 2.41. The molecule has 0 aliphatic heterocycles. The first-order valence-corrected chi connectivity index (χ1v) is 9.47. The quantitative estimate of drug-likeness (QED) is 0.615. The van der Waals surface area contributed by atoms with Gasteiger partial charge in [-0.15, -0.1) is 0 Å². The summed E-state index contributed by atoms with van der Waals surface area (Å²) in [6, 6.07) is 18.0. The predicted octanol–water partition coefficient (Wildman–Crippen LogP) is 2.35. The van der Waals surface area contributed by atoms with Crippen molar-refractivity contribution in [3.05, 3.63) is 65.2 Å². The molecule has 0 saturated carbocycles. The Morgan fingerprint density at radius 1 is 0.760 bits per heavy atom. The van der Waals surface area contributed by atoms with E-state index >= 15 is 0 Å². The number of benzene rings is 2. The molecule has 0 aliphatic rings. The maximum Gasteiger partial charge on any atom is 0.238 e. The molecule has 4 nitrogen and oxygen atoms in total. The highest BCUT2D eigenvalue weighted by Crippen LogP contribution is 2.17. The lowest BCUT2D eigenvalue weighted by Crippen LogP contribution is -2.19. The minimum absolute atomic E-state index is 0.688. The smallest absolute Gasteiger partial charge is 0.238 e. The molecule has 0 fully saturated rings. The Morgan fingerprint density at radius 3 is 1.80 bits per heavy atom. The molecular weight excluding hydrogens is 332 g/mol. The van der Waals surface area contributed by atoms with Crippen molar-refractivity contribution >= 4 is 15.7 Å². The Bertz CT molecular complexity index is 987. The molecule has 5 heteroatoms. The van der Waals surface area contributed by atoms with E-state index in [1.54, 1.807) is 0 Å². The van der Waals surface area contributed by atoms with Crippen LogP contribution in [0.15, 0.2) is 48.5 Å². The van der Waals surface area contributed by atoms with Crippen LogP contribution >= 0.6 is 0 Å². The number of rotatable bonds is 2. The van der Waals surface area contributed by atoms with Crippen molar-refractivity contribution in [1.29, 1.82) is 0 Å². The zero-order valence-electron chi connectivity index (χ0n) is 14.7. The van der Waals surface area contributed by atoms with E-state index in [2.05, 4.69) is 23.8 Å². The van der Waals surface area contributed by atoms with Crippen LogP contribution in [0.5, 0.6) is 0 Å². The van der Waals surface area contributed by atoms with Gasteiger partial charge in [0.25, 0.3) is 0 Å². The monoisotopic (exact) mass is 352 g/mol. The second-order valence-corrected chi connectivity index (χ2v) is 7.69. The molecule has 0 atom stereocenters. The number of nitrogens with zero attached hydrogens (tertiary/aromatic N) is 2. The highest BCUT2D eigenvalue weighted by atomic mass is 32.2. The van der Waals surface area contributed by atoms with Crippen LogP contribution < -0.4 is 4.90 Å². The molecule has 0 aromatic heterocycles. The summed E-state index contributed by atoms with van der Waals surface area (Å²) in [7, 11) is 2.03. The van der Waals surface area contributed by atoms with E-state index in [0.29, 0.717) is 5.56 Å². The van der Waals surface area contributed by atoms with Crippen LogP contribution in [0.1, 0.15) is 16.7 Å². The molecule has 0 amide bonds. The van der Waals surface area contributed by atoms with Crippen LogP contribution in [0, 0.1) is 23.8 Å². The maximum atomic E-state index is 11.4. The van der Waals surface area contributed by atoms with Gasteiger partial charge in [0.2, 0.25) is 10.0 Å². The van der Waals surface area contributed by atoms with Crippen LogP contribution in [0.25, 0.3) is 0 Å². The molecule has 0 heterocycles. The van der Waals surface area contributed by atoms with Gasteiger partial charge in [-0.25, -0.2) is 12.7 Å². The average Bonchev–Trinajstić information content (AvgIpc) is 2.57. The van der Waals surface area contributed by atoms with E-state index in [0.717, 1.165) is 27.4 Å². The lowest BCUT2D eigenvalue weighted by Gasteiger charge is -2.13. The van der Waals surface area contributed by atoms with E-state index in [-0.39, 0.29) is 0 Å². The highest BCUT2D eigenvalue weighted by molar-refractivity contribution is 7.88. The lowest BCUT2D eigenvalue weighted by molar-refractivity contribution is 0.554. The Hall–Kier alpha value is -2.89. The van der Waals surface area contributed by atoms with Gasteiger partial charge in [-0.2, -0.15) is 0 Å². The Kier molecular flexibility index (Phi) is 5.75. The summed E-state index contributed by atoms with van der Waals surface area (Å²) in [6.45, 7) is 0. The summed E-state index contributed by atoms with van der Waals surface area (Å²) in [6.07, 6.45) is 1.12. The molecule has 0 unspecified atom stereocenters. The summed E-state index contributed by atoms with van der Waals surface area (Å²) in [5, 5.41) is 0. The van der Waals surface area contributed by atoms with Gasteiger partial charge in [-0.05, 0) is 30.2 Å². The van der Waals surface area contributed by atoms with Crippen LogP contribution in [-0.4, -0.2) is 40.1 Å². The summed E-state index contributed by atoms with van der Waals surface area (Å²) in [5.74, 6) is 9.20. The van der Waals surface area contributed by atoms with Gasteiger partial charge in [0, 0.05) is 43.9 Å². The molecule has 0 spiro atoms. The topological polar surface area (TPSA) is 40.6 Å². The van der Waals surface area contributed by atoms with Crippen LogP contribution in [0.4, 0.5) is 5.69 Å². The van der Waals surface area contributed by atoms with Crippen molar-refractivity contribution in [2.45, 2.75) is 0 Å². The first-order chi connectivity index (χ1) is 11.8. The fourth-order valence-corrected chi connectivity index (χ4v) is 2.24. The summed E-state index contributed by atoms with van der Waals surface area (Å²) >= 11 is 0. The van der Waals surface area contributed by atoms with Gasteiger partial charge in [0.1, 0.15) is 0 Å². The van der Waals surface area contributed by atoms with Crippen molar-refractivity contribution in [1.82, 2.24) is 4.31 Å². The summed E-state index contributed by atoms with van der Waals surface area (Å²) < 4.78 is 23.9. The highest BCUT2D eigenvalue weighted by Gasteiger charge is 2.05. The number of hydrogen-bond acceptors (Lipinski definition) is 3. The second-order valence-electron chi connectivity index (χ2n) is 5.67. The van der Waals surface area contributed by atoms with Crippen molar-refractivity contribution < 1.29 is 8.42 Å². The zero-order valence-corrected chi connectivity index (χ0v) is 15.6. The summed E-state index contributed by atoms with van der Waals surface area (Å²) in [4.78, 5) is 2.01. The van der Waals surface area contributed by atoms with Crippen molar-refractivity contribution in [2.75, 3.05) is 32.3 Å². The predicted molar refractivity (Wildman–Crippen MR) is 103 cm³/mol. The van der Waals surface area contributed by atoms with Crippen LogP contribution in [0.3, 0.4) is 0 Å². The summed E-state index contributed by atoms with van der Waals surface area (Å²) in [5.41, 5.74) is 3.40. The standard InChI is InChI=1S/C20H20N2O2S/c1-21(2)20-12-8-7-11-19(20)14-13-17-9-5-6-10-18(17)15-16-22(3)25(4,23)24/h5-12H,1-4H3. The maximum absolute atomic E-state index is 11.4. The van der Waals surface area contributed by atoms with E-state index in [1.165, 1.54) is 7.05 Å². The SMILES string of the molecule is CN(C)c1ccccc1C#Cc1ccccc1C#CN(C)S(C)(=O)=O. The van der Waals surface area contributed by atoms with E-state index in [1.807, 2.05) is 67.5 Å². The molecule has 0 bridgehead atoms. The lowest BCUT2D eigenvalue weighted by atomic mass is 10.1. The van der Waals surface area contributed by atoms with Crippen molar-refractivity contribution in [3.8, 4) is 23.8 Å². The van der Waals surface area contributed by atoms with Crippen LogP contribution in [-0.2, 0) is 10.0 Å². The second kappa shape index (κ2) is 7.79. The minimum atomic E-state index is -3.34. The van der Waals surface area contributed by atoms with E-state index < -0.39 is 10.0 Å². The first-order valence-electron chi connectivity index (χ1n) is 7.62. The first kappa shape index (κ1) is 18.4. The van der Waals surface area contributed by atoms with Crippen molar-refractivity contribution in [2.24, 2.45) is 0 Å². The third-order valence-corrected chi connectivity index (χ3v) is 4.58. The fraction of sp³-hybridized carbons (Fsp3) is 0.200. The van der Waals surface area contributed by atoms with Gasteiger partial charge in [0.05, 0.1) is 11.9 Å². The van der Waals surface area contributed by atoms with Crippen molar-refractivity contribution in [3.63, 3.8) is 0 Å². The molecule has 2 aromatic carbocycles. The average molecular weight is 352 g/mol. The Morgan fingerprint density at radius 2 is 1.24 bits per heavy atom. The molecular formula is C20H20N2O2S. The Labute approximate surface area is 150 Å². The van der Waals surface area contributed by atoms with E-state index in [4.69, 9.17) is 0 Å².